The first kappa shape index (κ1) is 83.5. The Morgan fingerprint density at radius 2 is 0.822 bits per heavy atom. The highest BCUT2D eigenvalue weighted by Crippen LogP contribution is 2.38. The number of alkyl halides is 6. The van der Waals surface area contributed by atoms with E-state index in [1.807, 2.05) is 0 Å². The Morgan fingerprint density at radius 3 is 1.20 bits per heavy atom. The average molecular weight is 1430 g/mol. The second-order valence-corrected chi connectivity index (χ2v) is 31.1. The minimum absolute atomic E-state index is 0.00596. The monoisotopic (exact) mass is 1430 g/mol. The standard InChI is InChI=1S/C74H101F6N7O14/c1-45(83-63(92)97-68(2,3)4)23-19-17-20-24-54(88)37-48-33-52(73(75,76)77)35-50(56(48)31-46-27-29-86(42-46)66(95)100-71(11,12)13)39-60(90)58-41-59(82-44-81-58)61(91)40-51-36-53(74(78,79)80)34-49(57(51)32-47-28-30-87(43-47)67(96)101-72(14,15)16)38-55(89)25-21-18-22-26-62(84-64(93)98-69(5,6)7)85-65(94)99-70(8,9)10/h33-36,41,44,46-47H,17-32,37-40,42-43H2,1-16H3,(H,84,85,93,94)/t46-,47-/m0/s1. The maximum absolute atomic E-state index is 15.1. The van der Waals surface area contributed by atoms with Crippen LogP contribution in [0, 0.1) is 11.8 Å². The van der Waals surface area contributed by atoms with Crippen molar-refractivity contribution in [3.05, 3.63) is 92.6 Å². The molecule has 1 aromatic heterocycles. The molecule has 2 saturated heterocycles. The lowest BCUT2D eigenvalue weighted by Gasteiger charge is -2.25. The van der Waals surface area contributed by atoms with Crippen LogP contribution in [-0.2, 0) is 84.2 Å². The van der Waals surface area contributed by atoms with Crippen molar-refractivity contribution in [2.24, 2.45) is 21.8 Å². The van der Waals surface area contributed by atoms with E-state index < -0.39 is 136 Å². The van der Waals surface area contributed by atoms with E-state index in [9.17, 15) is 56.3 Å². The SMILES string of the molecule is CC(CCCCCC(=O)Cc1cc(C(F)(F)F)cc(CC(=O)c2cc(C(=O)Cc3cc(C(F)(F)F)cc(CC(=O)CCCCCC(=NC(=O)OC(C)(C)C)NC(=O)OC(C)(C)C)c3C[C@@H]3CCN(C(=O)OC(C)(C)C)C3)ncn2)c1C[C@@H]1CCN(C(=O)OC(C)(C)C)C1)=NC(=O)OC(C)(C)C. The van der Waals surface area contributed by atoms with Gasteiger partial charge in [0.05, 0.1) is 11.1 Å². The molecule has 2 aliphatic rings. The normalized spacial score (nSPS) is 15.9. The molecular formula is C74H101F6N7O14. The van der Waals surface area contributed by atoms with E-state index in [0.717, 1.165) is 36.7 Å². The molecular weight excluding hydrogens is 1320 g/mol. The zero-order valence-corrected chi connectivity index (χ0v) is 61.3. The van der Waals surface area contributed by atoms with Crippen LogP contribution in [0.2, 0.25) is 0 Å². The Hall–Kier alpha value is -8.13. The first-order valence-electron chi connectivity index (χ1n) is 34.4. The molecule has 101 heavy (non-hydrogen) atoms. The molecule has 2 aromatic carbocycles. The molecule has 0 spiro atoms. The van der Waals surface area contributed by atoms with Crippen LogP contribution in [0.15, 0.2) is 46.6 Å². The van der Waals surface area contributed by atoms with E-state index in [2.05, 4.69) is 25.3 Å². The van der Waals surface area contributed by atoms with Crippen LogP contribution in [-0.4, -0.2) is 139 Å². The number of likely N-dealkylation sites (tertiary alicyclic amines) is 2. The van der Waals surface area contributed by atoms with E-state index in [1.54, 1.807) is 111 Å². The fourth-order valence-corrected chi connectivity index (χ4v) is 11.6. The number of rotatable bonds is 26. The zero-order chi connectivity index (χ0) is 75.8. The third-order valence-electron chi connectivity index (χ3n) is 15.9. The van der Waals surface area contributed by atoms with Gasteiger partial charge in [-0.05, 0) is 244 Å². The minimum Gasteiger partial charge on any atom is -0.444 e. The largest absolute Gasteiger partial charge is 0.444 e. The molecule has 0 aliphatic carbocycles. The van der Waals surface area contributed by atoms with Crippen LogP contribution in [0.1, 0.15) is 253 Å². The molecule has 0 bridgehead atoms. The van der Waals surface area contributed by atoms with Crippen LogP contribution >= 0.6 is 0 Å². The molecule has 3 aromatic rings. The highest BCUT2D eigenvalue weighted by atomic mass is 19.4. The molecule has 2 atom stereocenters. The number of alkyl carbamates (subject to hydrolysis) is 1. The van der Waals surface area contributed by atoms with Crippen LogP contribution in [0.5, 0.6) is 0 Å². The summed E-state index contributed by atoms with van der Waals surface area (Å²) in [7, 11) is 0. The van der Waals surface area contributed by atoms with Crippen molar-refractivity contribution >= 4 is 65.1 Å². The predicted molar refractivity (Wildman–Crippen MR) is 366 cm³/mol. The van der Waals surface area contributed by atoms with Gasteiger partial charge < -0.3 is 33.5 Å². The topological polar surface area (TPSA) is 269 Å². The van der Waals surface area contributed by atoms with Crippen LogP contribution in [0.4, 0.5) is 50.3 Å². The van der Waals surface area contributed by atoms with Gasteiger partial charge in [0.25, 0.3) is 0 Å². The van der Waals surface area contributed by atoms with E-state index in [0.29, 0.717) is 57.1 Å². The minimum atomic E-state index is -4.98. The van der Waals surface area contributed by atoms with Crippen molar-refractivity contribution in [3.63, 3.8) is 0 Å². The summed E-state index contributed by atoms with van der Waals surface area (Å²) in [5.41, 5.74) is -6.45. The highest BCUT2D eigenvalue weighted by molar-refractivity contribution is 6.01. The fourth-order valence-electron chi connectivity index (χ4n) is 11.6. The summed E-state index contributed by atoms with van der Waals surface area (Å²) in [4.78, 5) is 140. The zero-order valence-electron chi connectivity index (χ0n) is 61.3. The molecule has 1 N–H and O–H groups in total. The molecule has 27 heteroatoms. The van der Waals surface area contributed by atoms with Crippen LogP contribution in [0.25, 0.3) is 0 Å². The summed E-state index contributed by atoms with van der Waals surface area (Å²) in [6, 6.07) is 4.43. The number of aliphatic imine (C=N–C) groups is 2. The van der Waals surface area contributed by atoms with E-state index in [1.165, 1.54) is 9.80 Å². The Balaban J connectivity index is 1.46. The number of carbonyl (C=O) groups is 9. The molecule has 2 fully saturated rings. The molecule has 2 aliphatic heterocycles. The van der Waals surface area contributed by atoms with Crippen LogP contribution < -0.4 is 5.32 Å². The van der Waals surface area contributed by atoms with Crippen molar-refractivity contribution in [1.29, 1.82) is 0 Å². The molecule has 5 rings (SSSR count). The summed E-state index contributed by atoms with van der Waals surface area (Å²) in [6.45, 7) is 27.7. The van der Waals surface area contributed by atoms with Crippen molar-refractivity contribution in [1.82, 2.24) is 25.1 Å². The second-order valence-electron chi connectivity index (χ2n) is 31.1. The Bertz CT molecular complexity index is 3550. The number of carbonyl (C=O) groups excluding carboxylic acids is 9. The lowest BCUT2D eigenvalue weighted by atomic mass is 9.85. The number of ether oxygens (including phenoxy) is 5. The fraction of sp³-hybridized carbons (Fsp3) is 0.635. The van der Waals surface area contributed by atoms with Crippen molar-refractivity contribution in [3.8, 4) is 0 Å². The lowest BCUT2D eigenvalue weighted by molar-refractivity contribution is -0.138. The van der Waals surface area contributed by atoms with Gasteiger partial charge in [0.15, 0.2) is 11.6 Å². The van der Waals surface area contributed by atoms with Gasteiger partial charge in [-0.2, -0.15) is 36.3 Å². The Morgan fingerprint density at radius 1 is 0.465 bits per heavy atom. The number of aromatic nitrogens is 2. The number of amidine groups is 1. The summed E-state index contributed by atoms with van der Waals surface area (Å²) >= 11 is 0. The number of benzene rings is 2. The summed E-state index contributed by atoms with van der Waals surface area (Å²) in [5, 5.41) is 2.48. The first-order valence-corrected chi connectivity index (χ1v) is 34.4. The van der Waals surface area contributed by atoms with Gasteiger partial charge in [-0.25, -0.2) is 33.9 Å². The summed E-state index contributed by atoms with van der Waals surface area (Å²) in [5.74, 6) is -3.36. The van der Waals surface area contributed by atoms with Gasteiger partial charge >= 0.3 is 42.8 Å². The van der Waals surface area contributed by atoms with Gasteiger partial charge in [-0.3, -0.25) is 24.5 Å². The van der Waals surface area contributed by atoms with Crippen molar-refractivity contribution in [2.45, 2.75) is 267 Å². The molecule has 0 unspecified atom stereocenters. The van der Waals surface area contributed by atoms with Gasteiger partial charge in [0.2, 0.25) is 0 Å². The quantitative estimate of drug-likeness (QED) is 0.0195. The molecule has 0 saturated carbocycles. The molecule has 0 radical (unpaired) electrons. The number of nitrogens with zero attached hydrogens (tertiary/aromatic N) is 6. The molecule has 5 amide bonds. The predicted octanol–water partition coefficient (Wildman–Crippen LogP) is 16.3. The van der Waals surface area contributed by atoms with Gasteiger partial charge in [-0.15, -0.1) is 0 Å². The number of amides is 5. The smallest absolute Gasteiger partial charge is 0.435 e. The number of Topliss-reactive ketones (excluding diaryl/α,β-unsaturated/α-hetero) is 4. The van der Waals surface area contributed by atoms with Gasteiger partial charge in [0.1, 0.15) is 63.1 Å². The Kier molecular flexibility index (Phi) is 29.1. The number of nitrogens with one attached hydrogen (secondary N) is 1. The average Bonchev–Trinajstić information content (AvgIpc) is 1.44. The highest BCUT2D eigenvalue weighted by Gasteiger charge is 2.38. The number of hydrogen-bond donors (Lipinski definition) is 1. The third-order valence-corrected chi connectivity index (χ3v) is 15.9. The lowest BCUT2D eigenvalue weighted by Crippen LogP contribution is -2.37. The molecule has 558 valence electrons. The number of ketones is 4. The second kappa shape index (κ2) is 35.2. The maximum atomic E-state index is 15.1. The molecule has 21 nitrogen and oxygen atoms in total. The summed E-state index contributed by atoms with van der Waals surface area (Å²) < 4.78 is 117. The van der Waals surface area contributed by atoms with E-state index >= 15 is 13.2 Å². The first-order chi connectivity index (χ1) is 46.5. The van der Waals surface area contributed by atoms with Crippen molar-refractivity contribution < 1.29 is 93.2 Å². The van der Waals surface area contributed by atoms with Crippen molar-refractivity contribution in [2.75, 3.05) is 26.2 Å². The maximum Gasteiger partial charge on any atom is 0.435 e. The number of halogens is 6. The van der Waals surface area contributed by atoms with Gasteiger partial charge in [0, 0.05) is 76.8 Å². The van der Waals surface area contributed by atoms with Gasteiger partial charge in [-0.1, -0.05) is 12.8 Å². The molecule has 3 heterocycles. The number of unbranched alkanes of at least 4 members (excludes halogenated alkanes) is 4. The summed E-state index contributed by atoms with van der Waals surface area (Å²) in [6.07, 6.45) is -11.7. The van der Waals surface area contributed by atoms with E-state index in [4.69, 9.17) is 23.7 Å². The third kappa shape index (κ3) is 30.2. The Labute approximate surface area is 588 Å². The number of hydrogen-bond acceptors (Lipinski definition) is 16. The van der Waals surface area contributed by atoms with Crippen LogP contribution in [0.3, 0.4) is 0 Å². The van der Waals surface area contributed by atoms with E-state index in [-0.39, 0.29) is 122 Å².